The molecule has 37 heteroatoms. The zero-order valence-electron chi connectivity index (χ0n) is 29.8. The summed E-state index contributed by atoms with van der Waals surface area (Å²) in [6.07, 6.45) is -9.15. The maximum atomic E-state index is 12.2. The number of imidazole rings is 2. The predicted octanol–water partition coefficient (Wildman–Crippen LogP) is -17.0. The van der Waals surface area contributed by atoms with Crippen LogP contribution in [0.1, 0.15) is 12.5 Å². The van der Waals surface area contributed by atoms with Crippen molar-refractivity contribution in [1.29, 1.82) is 0 Å². The number of nitrogen functional groups attached to an aromatic ring is 2. The third-order valence-corrected chi connectivity index (χ3v) is 13.1. The number of nitrogens with zero attached hydrogens (tertiary/aromatic N) is 8. The van der Waals surface area contributed by atoms with Gasteiger partial charge in [-0.2, -0.15) is 0 Å². The Morgan fingerprint density at radius 3 is 1.26 bits per heavy atom. The Morgan fingerprint density at radius 1 is 0.579 bits per heavy atom. The van der Waals surface area contributed by atoms with Gasteiger partial charge in [0, 0.05) is 0 Å². The van der Waals surface area contributed by atoms with Gasteiger partial charge in [-0.05, 0) is 0 Å². The summed E-state index contributed by atoms with van der Waals surface area (Å²) >= 11 is 0. The van der Waals surface area contributed by atoms with Crippen LogP contribution in [0.3, 0.4) is 0 Å². The summed E-state index contributed by atoms with van der Waals surface area (Å²) in [5.74, 6) is -0.0726. The molecule has 2 fully saturated rings. The zero-order chi connectivity index (χ0) is 38.7. The van der Waals surface area contributed by atoms with E-state index < -0.39 is 93.6 Å². The van der Waals surface area contributed by atoms with Crippen molar-refractivity contribution in [1.82, 2.24) is 39.0 Å². The average molecular weight is 924 g/mol. The molecule has 2 aliphatic rings. The molecule has 0 bridgehead atoms. The number of phosphoric ester groups is 2. The Hall–Kier alpha value is 1.02. The molecule has 0 spiro atoms. The van der Waals surface area contributed by atoms with Gasteiger partial charge in [-0.1, -0.05) is 0 Å². The molecule has 57 heavy (non-hydrogen) atoms. The number of nitrogens with two attached hydrogens (primary N) is 2. The first-order valence-corrected chi connectivity index (χ1v) is 20.1. The molecule has 4 unspecified atom stereocenters. The maximum Gasteiger partial charge on any atom is 1.00 e. The number of ether oxygens (including phenoxy) is 2. The first-order valence-electron chi connectivity index (χ1n) is 14.2. The van der Waals surface area contributed by atoms with E-state index in [0.717, 1.165) is 34.4 Å². The number of aliphatic hydroxyl groups excluding tert-OH is 4. The Bertz CT molecular complexity index is 2060. The second-order valence-electron chi connectivity index (χ2n) is 10.9. The van der Waals surface area contributed by atoms with Gasteiger partial charge in [0.05, 0.1) is 25.9 Å². The zero-order valence-corrected chi connectivity index (χ0v) is 41.4. The molecule has 0 aliphatic carbocycles. The van der Waals surface area contributed by atoms with Crippen molar-refractivity contribution in [3.05, 3.63) is 25.3 Å². The molecule has 8 N–H and O–H groups in total. The van der Waals surface area contributed by atoms with Crippen LogP contribution >= 0.6 is 31.3 Å². The number of aromatic nitrogens is 8. The Morgan fingerprint density at radius 2 is 0.912 bits per heavy atom. The Balaban J connectivity index is 0.00000280. The summed E-state index contributed by atoms with van der Waals surface area (Å²) in [4.78, 5) is 72.0. The van der Waals surface area contributed by atoms with Crippen molar-refractivity contribution >= 4 is 65.3 Å². The summed E-state index contributed by atoms with van der Waals surface area (Å²) < 4.78 is 81.2. The molecular formula is C20H24N10Na4O19P4. The standard InChI is InChI=1S/C20H28N10O19P4.4Na/c21-15-9-17(25-3-23-15)29(5-27-9)19-13(33)11(31)7(45-19)1-43-50(35,36)47-52(39,40)49-53(41,42)48-51(37,38)44-2-8-12(32)14(34)20(46-8)30-6-28-10-16(22)24-4-26-18(10)30;;;;/h3-8,11-14,19-20,31-34H,1-2H2,(H,35,36)(H,37,38)(H,39,40)(H,41,42)(H2,21,23,25)(H2,22,24,26);;;;/q;4*+1/p-4/t7-,8-,11-,12-,13-,14-,19-,20-;;;;/m1..../s1. The van der Waals surface area contributed by atoms with Crippen LogP contribution in [0.15, 0.2) is 25.3 Å². The van der Waals surface area contributed by atoms with Crippen LogP contribution < -0.4 is 149 Å². The number of phosphoric acid groups is 4. The van der Waals surface area contributed by atoms with Crippen molar-refractivity contribution in [2.45, 2.75) is 49.1 Å². The van der Waals surface area contributed by atoms with Crippen molar-refractivity contribution in [3.63, 3.8) is 0 Å². The van der Waals surface area contributed by atoms with Crippen molar-refractivity contribution in [2.24, 2.45) is 0 Å². The van der Waals surface area contributed by atoms with E-state index in [1.165, 1.54) is 0 Å². The Labute approximate surface area is 406 Å². The number of anilines is 2. The summed E-state index contributed by atoms with van der Waals surface area (Å²) in [7, 11) is -25.4. The maximum absolute atomic E-state index is 12.2. The molecule has 0 amide bonds. The third-order valence-electron chi connectivity index (χ3n) is 7.39. The van der Waals surface area contributed by atoms with Gasteiger partial charge in [0.1, 0.15) is 60.3 Å². The fraction of sp³-hybridized carbons (Fsp3) is 0.500. The quantitative estimate of drug-likeness (QED) is 0.0505. The molecule has 4 aromatic heterocycles. The predicted molar refractivity (Wildman–Crippen MR) is 157 cm³/mol. The molecule has 6 heterocycles. The minimum absolute atomic E-state index is 0. The molecule has 2 saturated heterocycles. The second-order valence-corrected chi connectivity index (χ2v) is 16.9. The smallest absolute Gasteiger partial charge is 0.756 e. The van der Waals surface area contributed by atoms with E-state index >= 15 is 0 Å². The fourth-order valence-corrected chi connectivity index (χ4v) is 9.83. The number of hydrogen-bond acceptors (Lipinski definition) is 27. The topological polar surface area (TPSA) is 445 Å². The molecule has 29 nitrogen and oxygen atoms in total. The summed E-state index contributed by atoms with van der Waals surface area (Å²) in [5.41, 5.74) is 11.7. The van der Waals surface area contributed by atoms with Crippen molar-refractivity contribution in [3.8, 4) is 0 Å². The van der Waals surface area contributed by atoms with E-state index in [-0.39, 0.29) is 152 Å². The molecule has 0 saturated carbocycles. The van der Waals surface area contributed by atoms with E-state index in [0.29, 0.717) is 0 Å². The van der Waals surface area contributed by atoms with Crippen LogP contribution in [0.25, 0.3) is 22.3 Å². The molecule has 0 radical (unpaired) electrons. The number of fused-ring (bicyclic) bond motifs is 2. The van der Waals surface area contributed by atoms with Crippen molar-refractivity contribution in [2.75, 3.05) is 24.7 Å². The summed E-state index contributed by atoms with van der Waals surface area (Å²) in [6.45, 7) is -2.45. The average Bonchev–Trinajstić information content (AvgIpc) is 3.80. The molecule has 12 atom stereocenters. The fourth-order valence-electron chi connectivity index (χ4n) is 5.08. The second kappa shape index (κ2) is 21.1. The number of hydrogen-bond donors (Lipinski definition) is 6. The molecule has 292 valence electrons. The van der Waals surface area contributed by atoms with Crippen LogP contribution in [-0.2, 0) is 49.7 Å². The van der Waals surface area contributed by atoms with Crippen LogP contribution in [0.4, 0.5) is 11.6 Å². The van der Waals surface area contributed by atoms with Crippen molar-refractivity contribution < 1.29 is 208 Å². The van der Waals surface area contributed by atoms with Gasteiger partial charge in [-0.25, -0.2) is 42.8 Å². The molecule has 4 aromatic rings. The number of aliphatic hydroxyl groups is 4. The molecule has 0 aromatic carbocycles. The monoisotopic (exact) mass is 924 g/mol. The van der Waals surface area contributed by atoms with Gasteiger partial charge in [0.15, 0.2) is 35.4 Å². The first-order chi connectivity index (χ1) is 24.7. The Kier molecular flexibility index (Phi) is 20.1. The third kappa shape index (κ3) is 12.6. The van der Waals surface area contributed by atoms with E-state index in [4.69, 9.17) is 20.9 Å². The molecule has 6 rings (SSSR count). The van der Waals surface area contributed by atoms with E-state index in [9.17, 15) is 58.3 Å². The summed E-state index contributed by atoms with van der Waals surface area (Å²) in [5, 5.41) is 41.6. The minimum Gasteiger partial charge on any atom is -0.756 e. The van der Waals surface area contributed by atoms with Gasteiger partial charge in [-0.3, -0.25) is 27.4 Å². The summed E-state index contributed by atoms with van der Waals surface area (Å²) in [6, 6.07) is 0. The first kappa shape index (κ1) is 54.2. The van der Waals surface area contributed by atoms with Crippen LogP contribution in [0, 0.1) is 0 Å². The van der Waals surface area contributed by atoms with E-state index in [1.54, 1.807) is 0 Å². The van der Waals surface area contributed by atoms with E-state index in [2.05, 4.69) is 51.9 Å². The van der Waals surface area contributed by atoms with Gasteiger partial charge in [0.2, 0.25) is 0 Å². The normalized spacial score (nSPS) is 28.8. The largest absolute Gasteiger partial charge is 1.00 e. The van der Waals surface area contributed by atoms with Gasteiger partial charge in [-0.15, -0.1) is 0 Å². The van der Waals surface area contributed by atoms with Crippen LogP contribution in [0.5, 0.6) is 0 Å². The van der Waals surface area contributed by atoms with Gasteiger partial charge >= 0.3 is 118 Å². The molecular weight excluding hydrogens is 900 g/mol. The number of rotatable bonds is 14. The van der Waals surface area contributed by atoms with E-state index in [1.807, 2.05) is 0 Å². The van der Waals surface area contributed by atoms with Crippen LogP contribution in [0.2, 0.25) is 0 Å². The minimum atomic E-state index is -6.60. The van der Waals surface area contributed by atoms with Crippen LogP contribution in [-0.4, -0.2) is 109 Å². The van der Waals surface area contributed by atoms with Gasteiger partial charge < -0.3 is 70.0 Å². The van der Waals surface area contributed by atoms with Gasteiger partial charge in [0.25, 0.3) is 31.3 Å². The molecule has 2 aliphatic heterocycles. The SMILES string of the molecule is Nc1ncnc2c1ncn2[C@@H]1O[C@H](COP(=O)([O-])OP(=O)([O-])OP(=O)([O-])OP(=O)([O-])OC[C@H]2O[C@@H](n3cnc4c(N)ncnc43)[C@H](O)[C@@H]2O)[C@@H](O)[C@H]1O.[Na+].[Na+].[Na+].[Na+].